The van der Waals surface area contributed by atoms with Crippen LogP contribution in [0.1, 0.15) is 48.4 Å². The lowest BCUT2D eigenvalue weighted by molar-refractivity contribution is -0.0657. The molecule has 28 heavy (non-hydrogen) atoms. The summed E-state index contributed by atoms with van der Waals surface area (Å²) in [7, 11) is 0. The first-order valence-corrected chi connectivity index (χ1v) is 10.4. The molecular weight excluding hydrogens is 342 g/mol. The molecule has 142 valence electrons. The number of hydrogen-bond acceptors (Lipinski definition) is 2. The highest BCUT2D eigenvalue weighted by Gasteiger charge is 2.50. The number of nitrogens with zero attached hydrogens (tertiary/aromatic N) is 1. The van der Waals surface area contributed by atoms with E-state index in [9.17, 15) is 5.11 Å². The molecule has 2 saturated heterocycles. The number of hydrogen-bond donors (Lipinski definition) is 1. The molecule has 0 spiro atoms. The summed E-state index contributed by atoms with van der Waals surface area (Å²) in [5.74, 6) is 0. The largest absolute Gasteiger partial charge is 0.385 e. The Hall–Kier alpha value is -2.42. The van der Waals surface area contributed by atoms with Crippen molar-refractivity contribution in [1.29, 1.82) is 0 Å². The molecule has 3 aromatic carbocycles. The predicted octanol–water partition coefficient (Wildman–Crippen LogP) is 5.29. The highest BCUT2D eigenvalue weighted by atomic mass is 16.3. The maximum atomic E-state index is 11.5. The van der Waals surface area contributed by atoms with E-state index in [2.05, 4.69) is 77.7 Å². The first kappa shape index (κ1) is 17.7. The van der Waals surface area contributed by atoms with Gasteiger partial charge in [-0.05, 0) is 42.4 Å². The Morgan fingerprint density at radius 2 is 1.11 bits per heavy atom. The standard InChI is InChI=1S/C26H27NO/c28-26(22-14-8-3-9-15-22)18-23-16-17-24(19-26)27(23)25(20-10-4-1-5-11-20)21-12-6-2-7-13-21/h1-15,23-25,28H,16-19H2. The molecule has 3 aromatic rings. The smallest absolute Gasteiger partial charge is 0.0926 e. The van der Waals surface area contributed by atoms with Crippen molar-refractivity contribution in [2.24, 2.45) is 0 Å². The summed E-state index contributed by atoms with van der Waals surface area (Å²) < 4.78 is 0. The molecule has 1 N–H and O–H groups in total. The van der Waals surface area contributed by atoms with Gasteiger partial charge in [0, 0.05) is 12.1 Å². The second kappa shape index (κ2) is 7.20. The van der Waals surface area contributed by atoms with E-state index in [-0.39, 0.29) is 6.04 Å². The molecule has 5 rings (SSSR count). The van der Waals surface area contributed by atoms with Crippen LogP contribution in [0, 0.1) is 0 Å². The van der Waals surface area contributed by atoms with Crippen LogP contribution in [0.5, 0.6) is 0 Å². The summed E-state index contributed by atoms with van der Waals surface area (Å²) in [4.78, 5) is 2.70. The molecule has 2 atom stereocenters. The maximum absolute atomic E-state index is 11.5. The van der Waals surface area contributed by atoms with Crippen molar-refractivity contribution in [3.05, 3.63) is 108 Å². The van der Waals surface area contributed by atoms with Crippen LogP contribution in [0.4, 0.5) is 0 Å². The zero-order valence-corrected chi connectivity index (χ0v) is 16.1. The summed E-state index contributed by atoms with van der Waals surface area (Å²) >= 11 is 0. The van der Waals surface area contributed by atoms with E-state index in [1.54, 1.807) is 0 Å². The van der Waals surface area contributed by atoms with Gasteiger partial charge in [-0.1, -0.05) is 91.0 Å². The van der Waals surface area contributed by atoms with Crippen LogP contribution >= 0.6 is 0 Å². The van der Waals surface area contributed by atoms with Crippen LogP contribution in [0.2, 0.25) is 0 Å². The van der Waals surface area contributed by atoms with Gasteiger partial charge in [-0.25, -0.2) is 0 Å². The van der Waals surface area contributed by atoms with Gasteiger partial charge in [-0.2, -0.15) is 0 Å². The molecule has 2 unspecified atom stereocenters. The number of aliphatic hydroxyl groups is 1. The second-order valence-corrected chi connectivity index (χ2v) is 8.36. The van der Waals surface area contributed by atoms with Gasteiger partial charge in [0.25, 0.3) is 0 Å². The van der Waals surface area contributed by atoms with E-state index in [4.69, 9.17) is 0 Å². The molecule has 2 heterocycles. The molecule has 0 amide bonds. The van der Waals surface area contributed by atoms with E-state index in [1.807, 2.05) is 18.2 Å². The summed E-state index contributed by atoms with van der Waals surface area (Å²) in [5.41, 5.74) is 3.05. The van der Waals surface area contributed by atoms with Crippen molar-refractivity contribution in [2.45, 2.75) is 49.4 Å². The van der Waals surface area contributed by atoms with E-state index < -0.39 is 5.60 Å². The molecule has 0 aliphatic carbocycles. The van der Waals surface area contributed by atoms with E-state index in [0.29, 0.717) is 12.1 Å². The van der Waals surface area contributed by atoms with E-state index >= 15 is 0 Å². The fourth-order valence-corrected chi connectivity index (χ4v) is 5.47. The summed E-state index contributed by atoms with van der Waals surface area (Å²) in [6.07, 6.45) is 3.94. The number of benzene rings is 3. The molecule has 2 aliphatic rings. The van der Waals surface area contributed by atoms with Crippen LogP contribution in [-0.2, 0) is 5.60 Å². The van der Waals surface area contributed by atoms with Crippen molar-refractivity contribution in [3.8, 4) is 0 Å². The molecule has 2 aliphatic heterocycles. The third kappa shape index (κ3) is 3.07. The van der Waals surface area contributed by atoms with Gasteiger partial charge in [0.15, 0.2) is 0 Å². The molecule has 2 heteroatoms. The van der Waals surface area contributed by atoms with Gasteiger partial charge in [0.05, 0.1) is 11.6 Å². The first-order chi connectivity index (χ1) is 13.7. The highest BCUT2D eigenvalue weighted by Crippen LogP contribution is 2.50. The average Bonchev–Trinajstić information content (AvgIpc) is 3.01. The molecule has 2 bridgehead atoms. The Morgan fingerprint density at radius 1 is 0.679 bits per heavy atom. The number of fused-ring (bicyclic) bond motifs is 2. The lowest BCUT2D eigenvalue weighted by Crippen LogP contribution is -2.51. The fourth-order valence-electron chi connectivity index (χ4n) is 5.47. The van der Waals surface area contributed by atoms with Gasteiger partial charge >= 0.3 is 0 Å². The van der Waals surface area contributed by atoms with Crippen molar-refractivity contribution < 1.29 is 5.11 Å². The Balaban J connectivity index is 1.52. The van der Waals surface area contributed by atoms with Gasteiger partial charge in [0.2, 0.25) is 0 Å². The molecule has 0 radical (unpaired) electrons. The van der Waals surface area contributed by atoms with Crippen molar-refractivity contribution in [1.82, 2.24) is 4.90 Å². The van der Waals surface area contributed by atoms with Crippen LogP contribution in [0.3, 0.4) is 0 Å². The Morgan fingerprint density at radius 3 is 1.57 bits per heavy atom. The third-order valence-corrected chi connectivity index (χ3v) is 6.66. The topological polar surface area (TPSA) is 23.5 Å². The quantitative estimate of drug-likeness (QED) is 0.675. The first-order valence-electron chi connectivity index (χ1n) is 10.4. The molecule has 2 nitrogen and oxygen atoms in total. The predicted molar refractivity (Wildman–Crippen MR) is 113 cm³/mol. The van der Waals surface area contributed by atoms with Crippen LogP contribution in [-0.4, -0.2) is 22.1 Å². The Labute approximate surface area is 167 Å². The molecular formula is C26H27NO. The Kier molecular flexibility index (Phi) is 4.54. The van der Waals surface area contributed by atoms with Crippen molar-refractivity contribution >= 4 is 0 Å². The molecule has 0 saturated carbocycles. The summed E-state index contributed by atoms with van der Waals surface area (Å²) in [5, 5.41) is 11.5. The zero-order valence-electron chi connectivity index (χ0n) is 16.1. The highest BCUT2D eigenvalue weighted by molar-refractivity contribution is 5.34. The summed E-state index contributed by atoms with van der Waals surface area (Å²) in [6, 6.07) is 33.0. The molecule has 0 aromatic heterocycles. The Bertz CT molecular complexity index is 855. The summed E-state index contributed by atoms with van der Waals surface area (Å²) in [6.45, 7) is 0. The number of rotatable bonds is 4. The van der Waals surface area contributed by atoms with Gasteiger partial charge in [-0.15, -0.1) is 0 Å². The monoisotopic (exact) mass is 369 g/mol. The lowest BCUT2D eigenvalue weighted by Gasteiger charge is -2.47. The van der Waals surface area contributed by atoms with Gasteiger partial charge < -0.3 is 5.11 Å². The lowest BCUT2D eigenvalue weighted by atomic mass is 9.79. The fraction of sp³-hybridized carbons (Fsp3) is 0.308. The van der Waals surface area contributed by atoms with Crippen molar-refractivity contribution in [2.75, 3.05) is 0 Å². The van der Waals surface area contributed by atoms with Crippen molar-refractivity contribution in [3.63, 3.8) is 0 Å². The third-order valence-electron chi connectivity index (χ3n) is 6.66. The van der Waals surface area contributed by atoms with Gasteiger partial charge in [-0.3, -0.25) is 4.90 Å². The second-order valence-electron chi connectivity index (χ2n) is 8.36. The van der Waals surface area contributed by atoms with Crippen LogP contribution < -0.4 is 0 Å². The normalized spacial score (nSPS) is 27.2. The minimum Gasteiger partial charge on any atom is -0.385 e. The molecule has 2 fully saturated rings. The maximum Gasteiger partial charge on any atom is 0.0926 e. The minimum absolute atomic E-state index is 0.250. The number of piperidine rings is 1. The van der Waals surface area contributed by atoms with Gasteiger partial charge in [0.1, 0.15) is 0 Å². The SMILES string of the molecule is OC1(c2ccccc2)CC2CCC(C1)N2C(c1ccccc1)c1ccccc1. The van der Waals surface area contributed by atoms with Crippen LogP contribution in [0.15, 0.2) is 91.0 Å². The minimum atomic E-state index is -0.707. The van der Waals surface area contributed by atoms with Crippen LogP contribution in [0.25, 0.3) is 0 Å². The van der Waals surface area contributed by atoms with E-state index in [0.717, 1.165) is 31.2 Å². The zero-order chi connectivity index (χ0) is 19.0. The average molecular weight is 370 g/mol. The van der Waals surface area contributed by atoms with E-state index in [1.165, 1.54) is 11.1 Å².